The van der Waals surface area contributed by atoms with Crippen molar-refractivity contribution in [1.29, 1.82) is 0 Å². The molecule has 0 amide bonds. The van der Waals surface area contributed by atoms with Gasteiger partial charge in [0.2, 0.25) is 0 Å². The van der Waals surface area contributed by atoms with Gasteiger partial charge in [-0.25, -0.2) is 0 Å². The zero-order valence-electron chi connectivity index (χ0n) is 12.0. The molecule has 1 aliphatic carbocycles. The van der Waals surface area contributed by atoms with E-state index in [9.17, 15) is 0 Å². The van der Waals surface area contributed by atoms with E-state index < -0.39 is 0 Å². The van der Waals surface area contributed by atoms with Crippen LogP contribution in [0.15, 0.2) is 5.70 Å². The number of rotatable bonds is 1. The van der Waals surface area contributed by atoms with Crippen LogP contribution < -0.4 is 5.32 Å². The summed E-state index contributed by atoms with van der Waals surface area (Å²) >= 11 is 0. The van der Waals surface area contributed by atoms with E-state index in [1.165, 1.54) is 16.8 Å². The van der Waals surface area contributed by atoms with Crippen LogP contribution in [0.1, 0.15) is 35.9 Å². The quantitative estimate of drug-likeness (QED) is 0.832. The first kappa shape index (κ1) is 12.6. The standard InChI is InChI=1S/C15H22N4/c1-10-9-19(7-6-16-10)13-4-5-14-11(2)17-18-12(3)15(14)8-13/h8,10,16H,4-7,9H2,1-3H3/t10-/m1/s1. The summed E-state index contributed by atoms with van der Waals surface area (Å²) in [6, 6.07) is 0.578. The molecule has 0 saturated carbocycles. The molecule has 1 aromatic heterocycles. The van der Waals surface area contributed by atoms with Gasteiger partial charge in [-0.2, -0.15) is 10.2 Å². The van der Waals surface area contributed by atoms with Gasteiger partial charge in [0.15, 0.2) is 0 Å². The van der Waals surface area contributed by atoms with Crippen LogP contribution >= 0.6 is 0 Å². The van der Waals surface area contributed by atoms with Gasteiger partial charge in [-0.1, -0.05) is 0 Å². The maximum Gasteiger partial charge on any atom is 0.0676 e. The predicted octanol–water partition coefficient (Wildman–Crippen LogP) is 1.67. The van der Waals surface area contributed by atoms with Gasteiger partial charge in [0, 0.05) is 36.9 Å². The Bertz CT molecular complexity index is 521. The van der Waals surface area contributed by atoms with Crippen molar-refractivity contribution >= 4 is 6.08 Å². The molecule has 2 heterocycles. The summed E-state index contributed by atoms with van der Waals surface area (Å²) in [7, 11) is 0. The van der Waals surface area contributed by atoms with Crippen molar-refractivity contribution in [1.82, 2.24) is 20.4 Å². The van der Waals surface area contributed by atoms with Crippen LogP contribution in [0, 0.1) is 13.8 Å². The van der Waals surface area contributed by atoms with E-state index in [2.05, 4.69) is 47.3 Å². The van der Waals surface area contributed by atoms with Gasteiger partial charge < -0.3 is 10.2 Å². The number of allylic oxidation sites excluding steroid dienone is 1. The summed E-state index contributed by atoms with van der Waals surface area (Å²) in [5.74, 6) is 0. The Kier molecular flexibility index (Phi) is 3.27. The Morgan fingerprint density at radius 1 is 1.21 bits per heavy atom. The number of hydrogen-bond acceptors (Lipinski definition) is 4. The number of nitrogens with one attached hydrogen (secondary N) is 1. The van der Waals surface area contributed by atoms with Crippen molar-refractivity contribution in [2.75, 3.05) is 19.6 Å². The second-order valence-corrected chi connectivity index (χ2v) is 5.70. The minimum atomic E-state index is 0.578. The van der Waals surface area contributed by atoms with Crippen molar-refractivity contribution in [2.24, 2.45) is 0 Å². The van der Waals surface area contributed by atoms with Gasteiger partial charge >= 0.3 is 0 Å². The number of piperazine rings is 1. The maximum absolute atomic E-state index is 4.26. The highest BCUT2D eigenvalue weighted by atomic mass is 15.2. The van der Waals surface area contributed by atoms with Crippen molar-refractivity contribution in [3.63, 3.8) is 0 Å². The topological polar surface area (TPSA) is 41.1 Å². The lowest BCUT2D eigenvalue weighted by atomic mass is 9.93. The Hall–Kier alpha value is -1.42. The van der Waals surface area contributed by atoms with Crippen molar-refractivity contribution in [2.45, 2.75) is 39.7 Å². The SMILES string of the molecule is Cc1nnc(C)c2c1C=C(N1CCN[C@H](C)C1)CC2. The van der Waals surface area contributed by atoms with E-state index in [0.29, 0.717) is 6.04 Å². The van der Waals surface area contributed by atoms with E-state index in [0.717, 1.165) is 43.9 Å². The van der Waals surface area contributed by atoms with E-state index >= 15 is 0 Å². The van der Waals surface area contributed by atoms with E-state index in [4.69, 9.17) is 0 Å². The minimum Gasteiger partial charge on any atom is -0.372 e. The first-order valence-electron chi connectivity index (χ1n) is 7.17. The molecule has 0 spiro atoms. The van der Waals surface area contributed by atoms with Crippen LogP contribution in [0.3, 0.4) is 0 Å². The van der Waals surface area contributed by atoms with Gasteiger partial charge in [-0.3, -0.25) is 0 Å². The highest BCUT2D eigenvalue weighted by molar-refractivity contribution is 5.61. The summed E-state index contributed by atoms with van der Waals surface area (Å²) in [4.78, 5) is 2.53. The lowest BCUT2D eigenvalue weighted by Crippen LogP contribution is -2.48. The normalized spacial score (nSPS) is 23.0. The molecule has 0 unspecified atom stereocenters. The van der Waals surface area contributed by atoms with Crippen LogP contribution in [-0.2, 0) is 6.42 Å². The van der Waals surface area contributed by atoms with Crippen LogP contribution in [0.5, 0.6) is 0 Å². The lowest BCUT2D eigenvalue weighted by Gasteiger charge is -2.37. The average molecular weight is 258 g/mol. The van der Waals surface area contributed by atoms with Crippen LogP contribution in [0.25, 0.3) is 6.08 Å². The van der Waals surface area contributed by atoms with Gasteiger partial charge in [0.25, 0.3) is 0 Å². The highest BCUT2D eigenvalue weighted by Crippen LogP contribution is 2.29. The summed E-state index contributed by atoms with van der Waals surface area (Å²) in [5, 5.41) is 12.0. The molecule has 19 heavy (non-hydrogen) atoms. The predicted molar refractivity (Wildman–Crippen MR) is 76.8 cm³/mol. The van der Waals surface area contributed by atoms with Crippen LogP contribution in [0.2, 0.25) is 0 Å². The van der Waals surface area contributed by atoms with Crippen LogP contribution in [0.4, 0.5) is 0 Å². The molecule has 3 rings (SSSR count). The molecule has 1 aromatic rings. The molecule has 0 aromatic carbocycles. The van der Waals surface area contributed by atoms with E-state index in [1.807, 2.05) is 0 Å². The number of fused-ring (bicyclic) bond motifs is 1. The smallest absolute Gasteiger partial charge is 0.0676 e. The number of hydrogen-bond donors (Lipinski definition) is 1. The molecular weight excluding hydrogens is 236 g/mol. The summed E-state index contributed by atoms with van der Waals surface area (Å²) in [6.45, 7) is 9.68. The van der Waals surface area contributed by atoms with Crippen LogP contribution in [-0.4, -0.2) is 40.8 Å². The summed E-state index contributed by atoms with van der Waals surface area (Å²) in [6.07, 6.45) is 4.57. The average Bonchev–Trinajstić information content (AvgIpc) is 2.43. The maximum atomic E-state index is 4.26. The fraction of sp³-hybridized carbons (Fsp3) is 0.600. The first-order valence-corrected chi connectivity index (χ1v) is 7.17. The molecule has 4 heteroatoms. The Balaban J connectivity index is 1.93. The summed E-state index contributed by atoms with van der Waals surface area (Å²) < 4.78 is 0. The van der Waals surface area contributed by atoms with Crippen molar-refractivity contribution < 1.29 is 0 Å². The molecule has 1 aliphatic heterocycles. The Morgan fingerprint density at radius 3 is 2.79 bits per heavy atom. The van der Waals surface area contributed by atoms with E-state index in [1.54, 1.807) is 0 Å². The Morgan fingerprint density at radius 2 is 2.00 bits per heavy atom. The molecule has 1 fully saturated rings. The molecule has 1 saturated heterocycles. The second-order valence-electron chi connectivity index (χ2n) is 5.70. The van der Waals surface area contributed by atoms with Gasteiger partial charge in [0.05, 0.1) is 11.4 Å². The van der Waals surface area contributed by atoms with E-state index in [-0.39, 0.29) is 0 Å². The lowest BCUT2D eigenvalue weighted by molar-refractivity contribution is 0.250. The third-order valence-corrected chi connectivity index (χ3v) is 4.22. The fourth-order valence-electron chi connectivity index (χ4n) is 3.12. The molecular formula is C15H22N4. The second kappa shape index (κ2) is 4.93. The molecule has 4 nitrogen and oxygen atoms in total. The molecule has 0 radical (unpaired) electrons. The number of aromatic nitrogens is 2. The minimum absolute atomic E-state index is 0.578. The molecule has 1 atom stereocenters. The number of aryl methyl sites for hydroxylation is 2. The first-order chi connectivity index (χ1) is 9.15. The Labute approximate surface area is 114 Å². The molecule has 0 bridgehead atoms. The van der Waals surface area contributed by atoms with Crippen molar-refractivity contribution in [3.05, 3.63) is 28.2 Å². The molecule has 1 N–H and O–H groups in total. The van der Waals surface area contributed by atoms with Gasteiger partial charge in [-0.05, 0) is 45.3 Å². The zero-order chi connectivity index (χ0) is 13.4. The third kappa shape index (κ3) is 2.37. The molecule has 102 valence electrons. The van der Waals surface area contributed by atoms with Gasteiger partial charge in [-0.15, -0.1) is 0 Å². The summed E-state index contributed by atoms with van der Waals surface area (Å²) in [5.41, 5.74) is 6.31. The zero-order valence-corrected chi connectivity index (χ0v) is 12.0. The van der Waals surface area contributed by atoms with Gasteiger partial charge in [0.1, 0.15) is 0 Å². The molecule has 2 aliphatic rings. The third-order valence-electron chi connectivity index (χ3n) is 4.22. The fourth-order valence-corrected chi connectivity index (χ4v) is 3.12. The monoisotopic (exact) mass is 258 g/mol. The van der Waals surface area contributed by atoms with Crippen molar-refractivity contribution in [3.8, 4) is 0 Å². The highest BCUT2D eigenvalue weighted by Gasteiger charge is 2.22. The largest absolute Gasteiger partial charge is 0.372 e. The number of nitrogens with zero attached hydrogens (tertiary/aromatic N) is 3.